The van der Waals surface area contributed by atoms with Gasteiger partial charge in [0.1, 0.15) is 0 Å². The summed E-state index contributed by atoms with van der Waals surface area (Å²) in [7, 11) is 0. The molecule has 2 atom stereocenters. The van der Waals surface area contributed by atoms with Gasteiger partial charge in [-0.2, -0.15) is 0 Å². The smallest absolute Gasteiger partial charge is 0.0829 e. The van der Waals surface area contributed by atoms with E-state index in [4.69, 9.17) is 0 Å². The number of fused-ring (bicyclic) bond motifs is 1. The molecule has 0 saturated carbocycles. The molecule has 2 unspecified atom stereocenters. The fraction of sp³-hybridized carbons (Fsp3) is 0.739. The number of hydrogen-bond acceptors (Lipinski definition) is 1. The number of nitrogens with zero attached hydrogens (tertiary/aromatic N) is 1. The molecule has 1 aliphatic carbocycles. The lowest BCUT2D eigenvalue weighted by atomic mass is 9.75. The van der Waals surface area contributed by atoms with Gasteiger partial charge in [-0.1, -0.05) is 61.0 Å². The highest BCUT2D eigenvalue weighted by Gasteiger charge is 2.34. The molecule has 0 aromatic carbocycles. The zero-order valence-electron chi connectivity index (χ0n) is 18.4. The number of rotatable bonds is 3. The van der Waals surface area contributed by atoms with Crippen LogP contribution in [0.1, 0.15) is 92.0 Å². The van der Waals surface area contributed by atoms with Gasteiger partial charge in [0.2, 0.25) is 0 Å². The summed E-state index contributed by atoms with van der Waals surface area (Å²) < 4.78 is 2.63. The first-order valence-electron chi connectivity index (χ1n) is 9.78. The van der Waals surface area contributed by atoms with E-state index in [0.717, 1.165) is 12.3 Å². The summed E-state index contributed by atoms with van der Waals surface area (Å²) in [4.78, 5) is 0. The second kappa shape index (κ2) is 6.83. The van der Waals surface area contributed by atoms with E-state index in [1.54, 1.807) is 16.7 Å². The lowest BCUT2D eigenvalue weighted by Gasteiger charge is -2.30. The van der Waals surface area contributed by atoms with Gasteiger partial charge < -0.3 is 4.57 Å². The molecule has 142 valence electrons. The zero-order chi connectivity index (χ0) is 19.3. The summed E-state index contributed by atoms with van der Waals surface area (Å²) in [6.45, 7) is 27.0. The van der Waals surface area contributed by atoms with Crippen LogP contribution in [-0.4, -0.2) is 10.3 Å². The predicted octanol–water partition coefficient (Wildman–Crippen LogP) is 7.53. The van der Waals surface area contributed by atoms with Gasteiger partial charge in [-0.3, -0.25) is 0 Å². The molecule has 1 aromatic rings. The minimum atomic E-state index is 0.283. The van der Waals surface area contributed by atoms with Crippen LogP contribution in [0.3, 0.4) is 0 Å². The van der Waals surface area contributed by atoms with E-state index < -0.39 is 0 Å². The van der Waals surface area contributed by atoms with Gasteiger partial charge in [0, 0.05) is 23.6 Å². The van der Waals surface area contributed by atoms with Crippen molar-refractivity contribution in [2.45, 2.75) is 93.6 Å². The van der Waals surface area contributed by atoms with E-state index in [2.05, 4.69) is 92.5 Å². The fourth-order valence-corrected chi connectivity index (χ4v) is 5.25. The standard InChI is InChI=1S/C23H39NS/c1-14-15(2)17(4)20-19(16(14)3)18(5)24(12-22(6,7)8)21(20)25-13-23(9,10)11/h14,16H,12-13H2,1-11H3. The lowest BCUT2D eigenvalue weighted by molar-refractivity contribution is 0.329. The van der Waals surface area contributed by atoms with Gasteiger partial charge in [-0.05, 0) is 54.6 Å². The summed E-state index contributed by atoms with van der Waals surface area (Å²) in [5.74, 6) is 2.40. The van der Waals surface area contributed by atoms with Crippen LogP contribution >= 0.6 is 11.8 Å². The number of thioether (sulfide) groups is 1. The molecule has 0 aliphatic heterocycles. The highest BCUT2D eigenvalue weighted by Crippen LogP contribution is 2.49. The molecule has 0 radical (unpaired) electrons. The Hall–Kier alpha value is -0.630. The molecule has 2 rings (SSSR count). The van der Waals surface area contributed by atoms with Crippen LogP contribution in [0.25, 0.3) is 5.57 Å². The van der Waals surface area contributed by atoms with Crippen molar-refractivity contribution in [1.29, 1.82) is 0 Å². The average Bonchev–Trinajstić information content (AvgIpc) is 2.71. The van der Waals surface area contributed by atoms with E-state index >= 15 is 0 Å². The maximum absolute atomic E-state index is 2.63. The lowest BCUT2D eigenvalue weighted by Crippen LogP contribution is -2.18. The molecule has 25 heavy (non-hydrogen) atoms. The quantitative estimate of drug-likeness (QED) is 0.504. The SMILES string of the molecule is CC1=C(C)C(C)C(C)c2c1c(SCC(C)(C)C)n(CC(C)(C)C)c2C. The Morgan fingerprint density at radius 3 is 1.92 bits per heavy atom. The molecule has 0 bridgehead atoms. The number of allylic oxidation sites excluding steroid dienone is 2. The van der Waals surface area contributed by atoms with Crippen LogP contribution in [0.15, 0.2) is 10.6 Å². The van der Waals surface area contributed by atoms with Crippen LogP contribution in [0.5, 0.6) is 0 Å². The van der Waals surface area contributed by atoms with Crippen LogP contribution in [0.4, 0.5) is 0 Å². The van der Waals surface area contributed by atoms with Crippen LogP contribution in [0, 0.1) is 23.7 Å². The van der Waals surface area contributed by atoms with Gasteiger partial charge in [0.15, 0.2) is 0 Å². The molecule has 1 aromatic heterocycles. The van der Waals surface area contributed by atoms with Crippen molar-refractivity contribution in [3.8, 4) is 0 Å². The Morgan fingerprint density at radius 1 is 0.880 bits per heavy atom. The van der Waals surface area contributed by atoms with Gasteiger partial charge in [-0.25, -0.2) is 0 Å². The maximum atomic E-state index is 2.63. The zero-order valence-corrected chi connectivity index (χ0v) is 19.2. The minimum absolute atomic E-state index is 0.283. The van der Waals surface area contributed by atoms with Crippen molar-refractivity contribution in [1.82, 2.24) is 4.57 Å². The Morgan fingerprint density at radius 2 is 1.44 bits per heavy atom. The van der Waals surface area contributed by atoms with E-state index in [0.29, 0.717) is 17.3 Å². The molecule has 0 amide bonds. The Bertz CT molecular complexity index is 676. The second-order valence-corrected chi connectivity index (χ2v) is 11.5. The molecule has 1 nitrogen and oxygen atoms in total. The Balaban J connectivity index is 2.67. The molecule has 0 spiro atoms. The topological polar surface area (TPSA) is 4.93 Å². The molecule has 1 heterocycles. The van der Waals surface area contributed by atoms with E-state index in [9.17, 15) is 0 Å². The minimum Gasteiger partial charge on any atom is -0.339 e. The molecule has 0 N–H and O–H groups in total. The average molecular weight is 362 g/mol. The summed E-state index contributed by atoms with van der Waals surface area (Å²) in [5.41, 5.74) is 8.37. The third-order valence-electron chi connectivity index (χ3n) is 5.65. The highest BCUT2D eigenvalue weighted by molar-refractivity contribution is 7.99. The number of aromatic nitrogens is 1. The van der Waals surface area contributed by atoms with Gasteiger partial charge in [0.05, 0.1) is 5.03 Å². The molecule has 0 saturated heterocycles. The van der Waals surface area contributed by atoms with Crippen LogP contribution in [0.2, 0.25) is 0 Å². The van der Waals surface area contributed by atoms with Gasteiger partial charge >= 0.3 is 0 Å². The molecular formula is C23H39NS. The van der Waals surface area contributed by atoms with Gasteiger partial charge in [-0.15, -0.1) is 11.8 Å². The largest absolute Gasteiger partial charge is 0.339 e. The normalized spacial score (nSPS) is 21.7. The first-order chi connectivity index (χ1) is 11.2. The van der Waals surface area contributed by atoms with Crippen molar-refractivity contribution in [2.24, 2.45) is 16.7 Å². The van der Waals surface area contributed by atoms with Crippen molar-refractivity contribution < 1.29 is 0 Å². The fourth-order valence-electron chi connectivity index (χ4n) is 3.91. The molecule has 0 fully saturated rings. The van der Waals surface area contributed by atoms with Crippen LogP contribution < -0.4 is 0 Å². The molecule has 1 aliphatic rings. The van der Waals surface area contributed by atoms with Gasteiger partial charge in [0.25, 0.3) is 0 Å². The molecular weight excluding hydrogens is 322 g/mol. The predicted molar refractivity (Wildman–Crippen MR) is 115 cm³/mol. The summed E-state index contributed by atoms with van der Waals surface area (Å²) in [5, 5.41) is 1.51. The monoisotopic (exact) mass is 361 g/mol. The van der Waals surface area contributed by atoms with Crippen molar-refractivity contribution in [3.63, 3.8) is 0 Å². The van der Waals surface area contributed by atoms with Crippen molar-refractivity contribution in [3.05, 3.63) is 22.4 Å². The summed E-state index contributed by atoms with van der Waals surface area (Å²) in [6, 6.07) is 0. The summed E-state index contributed by atoms with van der Waals surface area (Å²) >= 11 is 2.07. The first kappa shape index (κ1) is 20.7. The molecule has 2 heteroatoms. The van der Waals surface area contributed by atoms with Crippen molar-refractivity contribution in [2.75, 3.05) is 5.75 Å². The van der Waals surface area contributed by atoms with E-state index in [1.807, 2.05) is 0 Å². The second-order valence-electron chi connectivity index (χ2n) is 10.6. The van der Waals surface area contributed by atoms with Crippen molar-refractivity contribution >= 4 is 17.3 Å². The van der Waals surface area contributed by atoms with E-state index in [1.165, 1.54) is 16.3 Å². The third-order valence-corrected chi connectivity index (χ3v) is 7.36. The maximum Gasteiger partial charge on any atom is 0.0829 e. The van der Waals surface area contributed by atoms with Crippen LogP contribution in [-0.2, 0) is 6.54 Å². The number of hydrogen-bond donors (Lipinski definition) is 0. The summed E-state index contributed by atoms with van der Waals surface area (Å²) in [6.07, 6.45) is 0. The first-order valence-corrected chi connectivity index (χ1v) is 10.8. The highest BCUT2D eigenvalue weighted by atomic mass is 32.2. The Labute approximate surface area is 160 Å². The third kappa shape index (κ3) is 4.21. The van der Waals surface area contributed by atoms with E-state index in [-0.39, 0.29) is 5.41 Å². The Kier molecular flexibility index (Phi) is 5.65.